The molecule has 0 unspecified atom stereocenters. The fourth-order valence-electron chi connectivity index (χ4n) is 2.12. The van der Waals surface area contributed by atoms with Crippen LogP contribution in [-0.4, -0.2) is 0 Å². The van der Waals surface area contributed by atoms with E-state index in [-0.39, 0.29) is 0 Å². The van der Waals surface area contributed by atoms with E-state index in [1.807, 2.05) is 6.08 Å². The van der Waals surface area contributed by atoms with E-state index in [0.717, 1.165) is 12.1 Å². The van der Waals surface area contributed by atoms with Crippen molar-refractivity contribution in [3.05, 3.63) is 58.8 Å². The molecule has 14 heavy (non-hydrogen) atoms. The molecule has 0 saturated carbocycles. The number of hydrogen-bond donors (Lipinski definition) is 1. The normalized spacial score (nSPS) is 17.9. The van der Waals surface area contributed by atoms with Gasteiger partial charge in [-0.3, -0.25) is 0 Å². The molecule has 68 valence electrons. The van der Waals surface area contributed by atoms with Crippen molar-refractivity contribution in [2.24, 2.45) is 5.73 Å². The van der Waals surface area contributed by atoms with Crippen LogP contribution in [0.15, 0.2) is 47.7 Å². The molecule has 0 fully saturated rings. The van der Waals surface area contributed by atoms with Gasteiger partial charge < -0.3 is 5.73 Å². The minimum absolute atomic E-state index is 0.889. The van der Waals surface area contributed by atoms with Gasteiger partial charge in [-0.05, 0) is 28.3 Å². The minimum atomic E-state index is 0.889. The number of benzene rings is 1. The zero-order valence-electron chi connectivity index (χ0n) is 7.83. The molecule has 2 aliphatic rings. The molecule has 1 heteroatoms. The third kappa shape index (κ3) is 0.956. The van der Waals surface area contributed by atoms with Gasteiger partial charge in [0.25, 0.3) is 0 Å². The number of rotatable bonds is 0. The highest BCUT2D eigenvalue weighted by Gasteiger charge is 2.19. The summed E-state index contributed by atoms with van der Waals surface area (Å²) >= 11 is 0. The maximum absolute atomic E-state index is 5.80. The Labute approximate surface area is 83.2 Å². The van der Waals surface area contributed by atoms with Gasteiger partial charge >= 0.3 is 0 Å². The lowest BCUT2D eigenvalue weighted by molar-refractivity contribution is 1.12. The largest absolute Gasteiger partial charge is 0.402 e. The summed E-state index contributed by atoms with van der Waals surface area (Å²) < 4.78 is 0. The summed E-state index contributed by atoms with van der Waals surface area (Å²) in [5.74, 6) is 0. The van der Waals surface area contributed by atoms with Crippen molar-refractivity contribution in [2.75, 3.05) is 0 Å². The fraction of sp³-hybridized carbons (Fsp3) is 0.0769. The maximum Gasteiger partial charge on any atom is 0.0127 e. The van der Waals surface area contributed by atoms with Gasteiger partial charge in [0.15, 0.2) is 0 Å². The Morgan fingerprint density at radius 2 is 1.93 bits per heavy atom. The average Bonchev–Trinajstić information content (AvgIpc) is 2.54. The molecule has 0 saturated heterocycles. The highest BCUT2D eigenvalue weighted by molar-refractivity contribution is 5.96. The maximum atomic E-state index is 5.80. The van der Waals surface area contributed by atoms with E-state index >= 15 is 0 Å². The Morgan fingerprint density at radius 3 is 2.86 bits per heavy atom. The van der Waals surface area contributed by atoms with Crippen molar-refractivity contribution in [3.8, 4) is 0 Å². The molecule has 0 heterocycles. The van der Waals surface area contributed by atoms with E-state index in [2.05, 4.69) is 36.4 Å². The van der Waals surface area contributed by atoms with Crippen LogP contribution in [-0.2, 0) is 0 Å². The lowest BCUT2D eigenvalue weighted by atomic mass is 9.96. The van der Waals surface area contributed by atoms with Crippen LogP contribution in [0, 0.1) is 0 Å². The van der Waals surface area contributed by atoms with Crippen LogP contribution in [0.5, 0.6) is 0 Å². The van der Waals surface area contributed by atoms with Gasteiger partial charge in [-0.1, -0.05) is 36.4 Å². The molecular formula is C13H11N. The minimum Gasteiger partial charge on any atom is -0.402 e. The summed E-state index contributed by atoms with van der Waals surface area (Å²) in [7, 11) is 0. The van der Waals surface area contributed by atoms with Crippen molar-refractivity contribution in [2.45, 2.75) is 6.42 Å². The highest BCUT2D eigenvalue weighted by Crippen LogP contribution is 2.39. The molecule has 0 aromatic heterocycles. The molecular weight excluding hydrogens is 170 g/mol. The number of allylic oxidation sites excluding steroid dienone is 4. The first-order chi connectivity index (χ1) is 6.84. The van der Waals surface area contributed by atoms with Crippen molar-refractivity contribution >= 4 is 11.6 Å². The summed E-state index contributed by atoms with van der Waals surface area (Å²) in [4.78, 5) is 0. The molecule has 3 rings (SSSR count). The van der Waals surface area contributed by atoms with Crippen molar-refractivity contribution < 1.29 is 0 Å². The molecule has 1 aromatic carbocycles. The topological polar surface area (TPSA) is 26.0 Å². The third-order valence-corrected chi connectivity index (χ3v) is 2.79. The standard InChI is InChI=1S/C13H11N/c14-11-5-6-13-10(8-11)7-9-3-1-2-4-12(9)13/h1-7H,8,14H2. The quantitative estimate of drug-likeness (QED) is 0.654. The Morgan fingerprint density at radius 1 is 1.07 bits per heavy atom. The second-order valence-electron chi connectivity index (χ2n) is 3.76. The Kier molecular flexibility index (Phi) is 1.42. The molecule has 0 radical (unpaired) electrons. The van der Waals surface area contributed by atoms with E-state index in [4.69, 9.17) is 5.73 Å². The molecule has 1 aromatic rings. The summed E-state index contributed by atoms with van der Waals surface area (Å²) in [6.45, 7) is 0. The number of fused-ring (bicyclic) bond motifs is 3. The van der Waals surface area contributed by atoms with Crippen LogP contribution < -0.4 is 5.73 Å². The van der Waals surface area contributed by atoms with Crippen LogP contribution in [0.1, 0.15) is 17.5 Å². The van der Waals surface area contributed by atoms with Crippen LogP contribution in [0.4, 0.5) is 0 Å². The summed E-state index contributed by atoms with van der Waals surface area (Å²) in [5.41, 5.74) is 12.1. The van der Waals surface area contributed by atoms with Gasteiger partial charge in [-0.15, -0.1) is 0 Å². The lowest BCUT2D eigenvalue weighted by Crippen LogP contribution is -2.01. The highest BCUT2D eigenvalue weighted by atomic mass is 14.6. The first kappa shape index (κ1) is 7.63. The van der Waals surface area contributed by atoms with Gasteiger partial charge in [0, 0.05) is 12.1 Å². The first-order valence-corrected chi connectivity index (χ1v) is 4.81. The van der Waals surface area contributed by atoms with E-state index in [0.29, 0.717) is 0 Å². The van der Waals surface area contributed by atoms with Crippen LogP contribution in [0.3, 0.4) is 0 Å². The van der Waals surface area contributed by atoms with Crippen LogP contribution >= 0.6 is 0 Å². The van der Waals surface area contributed by atoms with Gasteiger partial charge in [-0.25, -0.2) is 0 Å². The SMILES string of the molecule is NC1=CC=C2C(=Cc3ccccc32)C1. The van der Waals surface area contributed by atoms with Gasteiger partial charge in [0.05, 0.1) is 0 Å². The predicted molar refractivity (Wildman–Crippen MR) is 59.3 cm³/mol. The van der Waals surface area contributed by atoms with E-state index in [1.54, 1.807) is 0 Å². The van der Waals surface area contributed by atoms with E-state index < -0.39 is 0 Å². The molecule has 2 N–H and O–H groups in total. The van der Waals surface area contributed by atoms with Crippen molar-refractivity contribution in [3.63, 3.8) is 0 Å². The van der Waals surface area contributed by atoms with Crippen LogP contribution in [0.2, 0.25) is 0 Å². The molecule has 0 spiro atoms. The molecule has 0 aliphatic heterocycles. The second kappa shape index (κ2) is 2.61. The summed E-state index contributed by atoms with van der Waals surface area (Å²) in [5, 5.41) is 0. The van der Waals surface area contributed by atoms with E-state index in [1.165, 1.54) is 22.3 Å². The Balaban J connectivity index is 2.21. The molecule has 2 aliphatic carbocycles. The average molecular weight is 181 g/mol. The summed E-state index contributed by atoms with van der Waals surface area (Å²) in [6.07, 6.45) is 7.26. The zero-order chi connectivity index (χ0) is 9.54. The third-order valence-electron chi connectivity index (χ3n) is 2.79. The summed E-state index contributed by atoms with van der Waals surface area (Å²) in [6, 6.07) is 8.47. The smallest absolute Gasteiger partial charge is 0.0127 e. The van der Waals surface area contributed by atoms with Crippen molar-refractivity contribution in [1.29, 1.82) is 0 Å². The van der Waals surface area contributed by atoms with Crippen molar-refractivity contribution in [1.82, 2.24) is 0 Å². The van der Waals surface area contributed by atoms with E-state index in [9.17, 15) is 0 Å². The molecule has 1 nitrogen and oxygen atoms in total. The Hall–Kier alpha value is -1.76. The predicted octanol–water partition coefficient (Wildman–Crippen LogP) is 2.71. The number of hydrogen-bond acceptors (Lipinski definition) is 1. The number of nitrogens with two attached hydrogens (primary N) is 1. The molecule has 0 bridgehead atoms. The second-order valence-corrected chi connectivity index (χ2v) is 3.76. The van der Waals surface area contributed by atoms with Gasteiger partial charge in [0.1, 0.15) is 0 Å². The van der Waals surface area contributed by atoms with Gasteiger partial charge in [0.2, 0.25) is 0 Å². The fourth-order valence-corrected chi connectivity index (χ4v) is 2.12. The molecule has 0 amide bonds. The monoisotopic (exact) mass is 181 g/mol. The molecule has 0 atom stereocenters. The zero-order valence-corrected chi connectivity index (χ0v) is 7.83. The van der Waals surface area contributed by atoms with Crippen LogP contribution in [0.25, 0.3) is 11.6 Å². The Bertz CT molecular complexity index is 490. The lowest BCUT2D eigenvalue weighted by Gasteiger charge is -2.11. The van der Waals surface area contributed by atoms with Gasteiger partial charge in [-0.2, -0.15) is 0 Å². The first-order valence-electron chi connectivity index (χ1n) is 4.81.